The molecule has 96 valence electrons. The molecule has 0 aliphatic carbocycles. The minimum absolute atomic E-state index is 0.109. The Labute approximate surface area is 104 Å². The van der Waals surface area contributed by atoms with Crippen molar-refractivity contribution in [1.29, 1.82) is 0 Å². The summed E-state index contributed by atoms with van der Waals surface area (Å²) < 4.78 is 13.1. The number of aryl methyl sites for hydroxylation is 1. The summed E-state index contributed by atoms with van der Waals surface area (Å²) in [5, 5.41) is 8.67. The van der Waals surface area contributed by atoms with E-state index in [4.69, 9.17) is 5.11 Å². The number of hydrogen-bond acceptors (Lipinski definition) is 2. The fraction of sp³-hybridized carbons (Fsp3) is 0.231. The van der Waals surface area contributed by atoms with E-state index in [9.17, 15) is 14.0 Å². The topological polar surface area (TPSA) is 57.6 Å². The highest BCUT2D eigenvalue weighted by molar-refractivity contribution is 6.31. The number of carboxylic acids is 1. The van der Waals surface area contributed by atoms with Gasteiger partial charge in [0, 0.05) is 13.1 Å². The summed E-state index contributed by atoms with van der Waals surface area (Å²) in [6.45, 7) is 5.31. The van der Waals surface area contributed by atoms with E-state index in [0.717, 1.165) is 4.90 Å². The number of carbonyl (C=O) groups excluding carboxylic acids is 1. The molecule has 1 amide bonds. The molecule has 0 aromatic heterocycles. The van der Waals surface area contributed by atoms with Gasteiger partial charge < -0.3 is 10.0 Å². The summed E-state index contributed by atoms with van der Waals surface area (Å²) in [4.78, 5) is 23.2. The monoisotopic (exact) mass is 251 g/mol. The van der Waals surface area contributed by atoms with E-state index in [-0.39, 0.29) is 18.9 Å². The molecular formula is C13H14FNO3. The predicted octanol–water partition coefficient (Wildman–Crippen LogP) is 1.73. The molecule has 0 saturated heterocycles. The third-order valence-corrected chi connectivity index (χ3v) is 2.42. The first-order valence-corrected chi connectivity index (χ1v) is 5.33. The van der Waals surface area contributed by atoms with Gasteiger partial charge in [-0.2, -0.15) is 0 Å². The van der Waals surface area contributed by atoms with Crippen LogP contribution in [0.25, 0.3) is 0 Å². The predicted molar refractivity (Wildman–Crippen MR) is 64.4 cm³/mol. The third kappa shape index (κ3) is 3.41. The molecule has 18 heavy (non-hydrogen) atoms. The molecule has 0 unspecified atom stereocenters. The van der Waals surface area contributed by atoms with Crippen LogP contribution in [-0.4, -0.2) is 28.4 Å². The second-order valence-electron chi connectivity index (χ2n) is 3.86. The van der Waals surface area contributed by atoms with Crippen molar-refractivity contribution in [1.82, 2.24) is 4.90 Å². The highest BCUT2D eigenvalue weighted by atomic mass is 19.1. The molecule has 0 spiro atoms. The molecule has 1 rings (SSSR count). The highest BCUT2D eigenvalue weighted by Crippen LogP contribution is 2.11. The zero-order valence-electron chi connectivity index (χ0n) is 10.0. The number of hydrogen-bond donors (Lipinski definition) is 1. The van der Waals surface area contributed by atoms with Gasteiger partial charge in [0.25, 0.3) is 0 Å². The Morgan fingerprint density at radius 1 is 1.50 bits per heavy atom. The number of benzene rings is 1. The molecular weight excluding hydrogens is 237 g/mol. The summed E-state index contributed by atoms with van der Waals surface area (Å²) in [5.41, 5.74) is 1.12. The van der Waals surface area contributed by atoms with Crippen LogP contribution in [0, 0.1) is 12.7 Å². The Morgan fingerprint density at radius 3 is 2.67 bits per heavy atom. The van der Waals surface area contributed by atoms with Gasteiger partial charge in [0.2, 0.25) is 0 Å². The van der Waals surface area contributed by atoms with Crippen LogP contribution in [0.5, 0.6) is 0 Å². The lowest BCUT2D eigenvalue weighted by Crippen LogP contribution is -2.36. The Kier molecular flexibility index (Phi) is 4.59. The molecule has 0 bridgehead atoms. The first-order valence-electron chi connectivity index (χ1n) is 5.33. The molecule has 0 aliphatic rings. The van der Waals surface area contributed by atoms with Gasteiger partial charge in [-0.25, -0.2) is 9.18 Å². The Morgan fingerprint density at radius 2 is 2.17 bits per heavy atom. The summed E-state index contributed by atoms with van der Waals surface area (Å²) in [6, 6.07) is 4.40. The fourth-order valence-electron chi connectivity index (χ4n) is 1.54. The second kappa shape index (κ2) is 5.95. The van der Waals surface area contributed by atoms with Gasteiger partial charge in [0.15, 0.2) is 0 Å². The number of carbonyl (C=O) groups is 2. The Balaban J connectivity index is 2.89. The number of nitrogens with zero attached hydrogens (tertiary/aromatic N) is 1. The van der Waals surface area contributed by atoms with Crippen molar-refractivity contribution in [3.05, 3.63) is 47.8 Å². The van der Waals surface area contributed by atoms with E-state index < -0.39 is 11.9 Å². The summed E-state index contributed by atoms with van der Waals surface area (Å²) >= 11 is 0. The van der Waals surface area contributed by atoms with Gasteiger partial charge in [-0.1, -0.05) is 18.2 Å². The Hall–Kier alpha value is -2.17. The molecule has 1 aromatic carbocycles. The number of carboxylic acid groups (broad SMARTS) is 1. The summed E-state index contributed by atoms with van der Waals surface area (Å²) in [5.74, 6) is -2.86. The van der Waals surface area contributed by atoms with E-state index in [2.05, 4.69) is 6.58 Å². The van der Waals surface area contributed by atoms with Crippen LogP contribution < -0.4 is 0 Å². The van der Waals surface area contributed by atoms with Crippen LogP contribution >= 0.6 is 0 Å². The van der Waals surface area contributed by atoms with Crippen molar-refractivity contribution in [3.63, 3.8) is 0 Å². The molecule has 0 atom stereocenters. The van der Waals surface area contributed by atoms with Crippen LogP contribution in [-0.2, 0) is 16.1 Å². The lowest BCUT2D eigenvalue weighted by molar-refractivity contribution is -0.155. The molecule has 1 aromatic rings. The smallest absolute Gasteiger partial charge is 0.394 e. The second-order valence-corrected chi connectivity index (χ2v) is 3.86. The molecule has 0 aliphatic heterocycles. The van der Waals surface area contributed by atoms with Crippen molar-refractivity contribution in [3.8, 4) is 0 Å². The quantitative estimate of drug-likeness (QED) is 0.655. The largest absolute Gasteiger partial charge is 0.474 e. The Bertz CT molecular complexity index is 485. The van der Waals surface area contributed by atoms with Gasteiger partial charge in [0.1, 0.15) is 5.82 Å². The van der Waals surface area contributed by atoms with E-state index >= 15 is 0 Å². The zero-order valence-corrected chi connectivity index (χ0v) is 10.0. The standard InChI is InChI=1S/C13H14FNO3/c1-3-6-15(12(16)13(17)18)8-10-4-5-11(14)9(2)7-10/h3-5,7H,1,6,8H2,2H3,(H,17,18). The van der Waals surface area contributed by atoms with Crippen LogP contribution in [0.4, 0.5) is 4.39 Å². The van der Waals surface area contributed by atoms with Gasteiger partial charge in [0.05, 0.1) is 0 Å². The van der Waals surface area contributed by atoms with E-state index in [1.54, 1.807) is 13.0 Å². The average Bonchev–Trinajstić information content (AvgIpc) is 2.32. The van der Waals surface area contributed by atoms with Crippen molar-refractivity contribution >= 4 is 11.9 Å². The average molecular weight is 251 g/mol. The maximum absolute atomic E-state index is 13.1. The molecule has 0 saturated carbocycles. The normalized spacial score (nSPS) is 9.89. The molecule has 0 heterocycles. The minimum atomic E-state index is -1.52. The zero-order chi connectivity index (χ0) is 13.7. The maximum atomic E-state index is 13.1. The summed E-state index contributed by atoms with van der Waals surface area (Å²) in [7, 11) is 0. The van der Waals surface area contributed by atoms with Gasteiger partial charge in [-0.05, 0) is 24.1 Å². The van der Waals surface area contributed by atoms with Crippen molar-refractivity contribution in [2.45, 2.75) is 13.5 Å². The summed E-state index contributed by atoms with van der Waals surface area (Å²) in [6.07, 6.45) is 1.44. The van der Waals surface area contributed by atoms with Crippen molar-refractivity contribution in [2.75, 3.05) is 6.54 Å². The highest BCUT2D eigenvalue weighted by Gasteiger charge is 2.20. The van der Waals surface area contributed by atoms with E-state index in [0.29, 0.717) is 11.1 Å². The van der Waals surface area contributed by atoms with Crippen LogP contribution in [0.3, 0.4) is 0 Å². The molecule has 1 N–H and O–H groups in total. The molecule has 4 nitrogen and oxygen atoms in total. The van der Waals surface area contributed by atoms with Gasteiger partial charge >= 0.3 is 11.9 Å². The van der Waals surface area contributed by atoms with Crippen LogP contribution in [0.15, 0.2) is 30.9 Å². The van der Waals surface area contributed by atoms with Crippen molar-refractivity contribution in [2.24, 2.45) is 0 Å². The SMILES string of the molecule is C=CCN(Cc1ccc(F)c(C)c1)C(=O)C(=O)O. The first-order chi connectivity index (χ1) is 8.45. The van der Waals surface area contributed by atoms with Gasteiger partial charge in [-0.3, -0.25) is 4.79 Å². The number of rotatable bonds is 4. The lowest BCUT2D eigenvalue weighted by Gasteiger charge is -2.19. The van der Waals surface area contributed by atoms with Crippen LogP contribution in [0.2, 0.25) is 0 Å². The first kappa shape index (κ1) is 13.9. The van der Waals surface area contributed by atoms with Crippen molar-refractivity contribution < 1.29 is 19.1 Å². The van der Waals surface area contributed by atoms with E-state index in [1.165, 1.54) is 18.2 Å². The fourth-order valence-corrected chi connectivity index (χ4v) is 1.54. The number of aliphatic carboxylic acids is 1. The third-order valence-electron chi connectivity index (χ3n) is 2.42. The van der Waals surface area contributed by atoms with Gasteiger partial charge in [-0.15, -0.1) is 6.58 Å². The number of amides is 1. The molecule has 0 fully saturated rings. The maximum Gasteiger partial charge on any atom is 0.394 e. The molecule has 5 heteroatoms. The number of halogens is 1. The van der Waals surface area contributed by atoms with Crippen LogP contribution in [0.1, 0.15) is 11.1 Å². The van der Waals surface area contributed by atoms with E-state index in [1.807, 2.05) is 0 Å². The minimum Gasteiger partial charge on any atom is -0.474 e. The lowest BCUT2D eigenvalue weighted by atomic mass is 10.1. The molecule has 0 radical (unpaired) electrons.